The standard InChI is InChI=1S/C15H12F6N2O2S/c16-14(17,18)8-3-5-23(6-4-8)11-2-1-9(26-11)7-10-12(15(19,20)21)22-25-13(10)24/h1-2,7-8H,3-6H2. The minimum absolute atomic E-state index is 0.0327. The molecule has 0 bridgehead atoms. The molecule has 4 nitrogen and oxygen atoms in total. The van der Waals surface area contributed by atoms with Crippen LogP contribution in [0.5, 0.6) is 0 Å². The molecule has 0 aliphatic carbocycles. The highest BCUT2D eigenvalue weighted by atomic mass is 32.1. The zero-order chi connectivity index (χ0) is 19.1. The maximum absolute atomic E-state index is 12.8. The van der Waals surface area contributed by atoms with Crippen LogP contribution < -0.4 is 4.90 Å². The summed E-state index contributed by atoms with van der Waals surface area (Å²) in [7, 11) is 0. The van der Waals surface area contributed by atoms with E-state index in [1.165, 1.54) is 6.07 Å². The van der Waals surface area contributed by atoms with E-state index in [4.69, 9.17) is 0 Å². The molecule has 1 saturated heterocycles. The van der Waals surface area contributed by atoms with Crippen LogP contribution in [0, 0.1) is 5.92 Å². The van der Waals surface area contributed by atoms with E-state index in [-0.39, 0.29) is 25.9 Å². The van der Waals surface area contributed by atoms with E-state index in [0.717, 1.165) is 17.4 Å². The first-order chi connectivity index (χ1) is 12.1. The summed E-state index contributed by atoms with van der Waals surface area (Å²) in [6.07, 6.45) is -8.08. The molecule has 1 aromatic rings. The van der Waals surface area contributed by atoms with Crippen molar-refractivity contribution in [3.8, 4) is 0 Å². The van der Waals surface area contributed by atoms with Crippen molar-refractivity contribution < 1.29 is 36.0 Å². The number of nitrogens with zero attached hydrogens (tertiary/aromatic N) is 2. The number of thiophene rings is 1. The summed E-state index contributed by atoms with van der Waals surface area (Å²) in [6, 6.07) is 3.11. The molecule has 1 aromatic heterocycles. The average molecular weight is 398 g/mol. The van der Waals surface area contributed by atoms with Gasteiger partial charge in [-0.15, -0.1) is 11.3 Å². The fourth-order valence-corrected chi connectivity index (χ4v) is 3.78. The van der Waals surface area contributed by atoms with Gasteiger partial charge < -0.3 is 9.74 Å². The van der Waals surface area contributed by atoms with Crippen molar-refractivity contribution >= 4 is 34.1 Å². The second-order valence-corrected chi connectivity index (χ2v) is 6.95. The van der Waals surface area contributed by atoms with E-state index in [1.807, 2.05) is 0 Å². The minimum atomic E-state index is -4.82. The highest BCUT2D eigenvalue weighted by Crippen LogP contribution is 2.37. The number of hydrogen-bond acceptors (Lipinski definition) is 5. The van der Waals surface area contributed by atoms with Crippen molar-refractivity contribution in [2.24, 2.45) is 11.1 Å². The number of carbonyl (C=O) groups is 1. The molecule has 0 spiro atoms. The van der Waals surface area contributed by atoms with E-state index < -0.39 is 35.5 Å². The summed E-state index contributed by atoms with van der Waals surface area (Å²) >= 11 is 1.09. The van der Waals surface area contributed by atoms with E-state index >= 15 is 0 Å². The smallest absolute Gasteiger partial charge is 0.363 e. The maximum Gasteiger partial charge on any atom is 0.437 e. The van der Waals surface area contributed by atoms with Gasteiger partial charge in [0.25, 0.3) is 0 Å². The Morgan fingerprint density at radius 2 is 1.81 bits per heavy atom. The van der Waals surface area contributed by atoms with Crippen molar-refractivity contribution in [1.82, 2.24) is 0 Å². The number of alkyl halides is 6. The second kappa shape index (κ2) is 6.60. The number of carbonyl (C=O) groups excluding carboxylic acids is 1. The lowest BCUT2D eigenvalue weighted by molar-refractivity contribution is -0.179. The van der Waals surface area contributed by atoms with Gasteiger partial charge in [-0.3, -0.25) is 0 Å². The highest BCUT2D eigenvalue weighted by molar-refractivity contribution is 7.17. The predicted molar refractivity (Wildman–Crippen MR) is 82.9 cm³/mol. The molecule has 26 heavy (non-hydrogen) atoms. The first kappa shape index (κ1) is 18.7. The van der Waals surface area contributed by atoms with Gasteiger partial charge in [-0.25, -0.2) is 4.79 Å². The van der Waals surface area contributed by atoms with Gasteiger partial charge in [0.05, 0.1) is 16.5 Å². The van der Waals surface area contributed by atoms with Crippen LogP contribution in [0.25, 0.3) is 6.08 Å². The monoisotopic (exact) mass is 398 g/mol. The largest absolute Gasteiger partial charge is 0.437 e. The lowest BCUT2D eigenvalue weighted by atomic mass is 9.96. The van der Waals surface area contributed by atoms with Gasteiger partial charge >= 0.3 is 18.3 Å². The Morgan fingerprint density at radius 1 is 1.15 bits per heavy atom. The molecule has 3 heterocycles. The van der Waals surface area contributed by atoms with Gasteiger partial charge in [-0.2, -0.15) is 26.3 Å². The Bertz CT molecular complexity index is 757. The number of hydrogen-bond donors (Lipinski definition) is 0. The number of rotatable bonds is 2. The van der Waals surface area contributed by atoms with Crippen molar-refractivity contribution in [2.45, 2.75) is 25.2 Å². The molecule has 0 radical (unpaired) electrons. The van der Waals surface area contributed by atoms with E-state index in [2.05, 4.69) is 9.99 Å². The average Bonchev–Trinajstić information content (AvgIpc) is 3.14. The molecular formula is C15H12F6N2O2S. The van der Waals surface area contributed by atoms with Crippen LogP contribution in [0.1, 0.15) is 17.7 Å². The predicted octanol–water partition coefficient (Wildman–Crippen LogP) is 4.39. The topological polar surface area (TPSA) is 41.9 Å². The maximum atomic E-state index is 12.8. The van der Waals surface area contributed by atoms with Crippen LogP contribution in [0.2, 0.25) is 0 Å². The Kier molecular flexibility index (Phi) is 4.76. The summed E-state index contributed by atoms with van der Waals surface area (Å²) in [6.45, 7) is 0.413. The Hall–Kier alpha value is -2.04. The highest BCUT2D eigenvalue weighted by Gasteiger charge is 2.45. The molecule has 1 fully saturated rings. The molecule has 0 aromatic carbocycles. The lowest BCUT2D eigenvalue weighted by Gasteiger charge is -2.33. The number of oxime groups is 1. The summed E-state index contributed by atoms with van der Waals surface area (Å²) in [5.74, 6) is -2.53. The van der Waals surface area contributed by atoms with Crippen LogP contribution in [0.3, 0.4) is 0 Å². The Balaban J connectivity index is 1.73. The normalized spacial score (nSPS) is 21.3. The third kappa shape index (κ3) is 3.87. The van der Waals surface area contributed by atoms with Gasteiger partial charge in [0.1, 0.15) is 0 Å². The van der Waals surface area contributed by atoms with Gasteiger partial charge in [0, 0.05) is 18.0 Å². The van der Waals surface area contributed by atoms with Crippen molar-refractivity contribution in [2.75, 3.05) is 18.0 Å². The zero-order valence-electron chi connectivity index (χ0n) is 13.0. The van der Waals surface area contributed by atoms with Gasteiger partial charge in [0.2, 0.25) is 0 Å². The molecule has 142 valence electrons. The SMILES string of the molecule is O=C1ON=C(C(F)(F)F)C1=Cc1ccc(N2CCC(C(F)(F)F)CC2)s1. The fraction of sp³-hybridized carbons (Fsp3) is 0.467. The summed E-state index contributed by atoms with van der Waals surface area (Å²) in [5, 5.41) is 3.39. The molecule has 0 N–H and O–H groups in total. The van der Waals surface area contributed by atoms with E-state index in [9.17, 15) is 31.1 Å². The molecule has 0 unspecified atom stereocenters. The van der Waals surface area contributed by atoms with Crippen LogP contribution in [-0.2, 0) is 9.63 Å². The molecule has 11 heteroatoms. The molecule has 0 atom stereocenters. The summed E-state index contributed by atoms with van der Waals surface area (Å²) in [5.41, 5.74) is -2.09. The Labute approximate surface area is 147 Å². The summed E-state index contributed by atoms with van der Waals surface area (Å²) < 4.78 is 76.6. The molecule has 2 aliphatic heterocycles. The quantitative estimate of drug-likeness (QED) is 0.422. The lowest BCUT2D eigenvalue weighted by Crippen LogP contribution is -2.38. The number of piperidine rings is 1. The van der Waals surface area contributed by atoms with E-state index in [0.29, 0.717) is 9.88 Å². The number of halogens is 6. The molecule has 0 saturated carbocycles. The van der Waals surface area contributed by atoms with Crippen molar-refractivity contribution in [3.05, 3.63) is 22.6 Å². The summed E-state index contributed by atoms with van der Waals surface area (Å²) in [4.78, 5) is 17.7. The zero-order valence-corrected chi connectivity index (χ0v) is 13.8. The van der Waals surface area contributed by atoms with Gasteiger partial charge in [0.15, 0.2) is 5.71 Å². The second-order valence-electron chi connectivity index (χ2n) is 5.85. The van der Waals surface area contributed by atoms with Crippen LogP contribution in [-0.4, -0.2) is 37.1 Å². The molecule has 0 amide bonds. The van der Waals surface area contributed by atoms with Crippen molar-refractivity contribution in [1.29, 1.82) is 0 Å². The van der Waals surface area contributed by atoms with Crippen LogP contribution in [0.4, 0.5) is 31.3 Å². The Morgan fingerprint density at radius 3 is 2.38 bits per heavy atom. The first-order valence-corrected chi connectivity index (χ1v) is 8.37. The third-order valence-corrected chi connectivity index (χ3v) is 5.23. The molecule has 2 aliphatic rings. The van der Waals surface area contributed by atoms with E-state index in [1.54, 1.807) is 11.0 Å². The first-order valence-electron chi connectivity index (χ1n) is 7.56. The minimum Gasteiger partial charge on any atom is -0.363 e. The van der Waals surface area contributed by atoms with Crippen LogP contribution in [0.15, 0.2) is 22.9 Å². The molecular weight excluding hydrogens is 386 g/mol. The molecule has 3 rings (SSSR count). The van der Waals surface area contributed by atoms with Crippen LogP contribution >= 0.6 is 11.3 Å². The van der Waals surface area contributed by atoms with Gasteiger partial charge in [-0.05, 0) is 31.1 Å². The van der Waals surface area contributed by atoms with Crippen molar-refractivity contribution in [3.63, 3.8) is 0 Å². The fourth-order valence-electron chi connectivity index (χ4n) is 2.77. The number of anilines is 1. The third-order valence-electron chi connectivity index (χ3n) is 4.13. The van der Waals surface area contributed by atoms with Gasteiger partial charge in [-0.1, -0.05) is 5.16 Å².